The molecule has 0 unspecified atom stereocenters. The Hall–Kier alpha value is -0.740. The van der Waals surface area contributed by atoms with E-state index >= 15 is 0 Å². The van der Waals surface area contributed by atoms with Gasteiger partial charge >= 0.3 is 0 Å². The monoisotopic (exact) mass is 271 g/mol. The quantitative estimate of drug-likeness (QED) is 0.847. The molecule has 0 fully saturated rings. The van der Waals surface area contributed by atoms with Gasteiger partial charge in [0.15, 0.2) is 0 Å². The van der Waals surface area contributed by atoms with E-state index in [4.69, 9.17) is 10.5 Å². The third-order valence-electron chi connectivity index (χ3n) is 1.97. The Bertz CT molecular complexity index is 466. The number of nitrogens with two attached hydrogens (primary N) is 1. The van der Waals surface area contributed by atoms with Crippen LogP contribution in [0.15, 0.2) is 22.0 Å². The summed E-state index contributed by atoms with van der Waals surface area (Å²) < 4.78 is 7.72. The lowest BCUT2D eigenvalue weighted by Crippen LogP contribution is -1.92. The minimum absolute atomic E-state index is 0.664. The zero-order valence-electron chi connectivity index (χ0n) is 7.71. The fourth-order valence-corrected chi connectivity index (χ4v) is 2.91. The number of thiophene rings is 1. The van der Waals surface area contributed by atoms with Gasteiger partial charge in [-0.3, -0.25) is 0 Å². The van der Waals surface area contributed by atoms with Gasteiger partial charge in [-0.05, 0) is 35.0 Å². The van der Waals surface area contributed by atoms with E-state index in [1.807, 2.05) is 24.4 Å². The molecule has 0 spiro atoms. The Morgan fingerprint density at radius 3 is 3.00 bits per heavy atom. The van der Waals surface area contributed by atoms with Gasteiger partial charge in [0, 0.05) is 15.5 Å². The smallest absolute Gasteiger partial charge is 0.139 e. The molecule has 74 valence electrons. The van der Waals surface area contributed by atoms with Crippen molar-refractivity contribution in [2.24, 2.45) is 0 Å². The van der Waals surface area contributed by atoms with Crippen LogP contribution in [0.4, 0.5) is 5.69 Å². The fourth-order valence-electron chi connectivity index (χ4n) is 1.37. The number of fused-ring (bicyclic) bond motifs is 1. The molecule has 0 aliphatic heterocycles. The third kappa shape index (κ3) is 1.48. The molecule has 1 heterocycles. The lowest BCUT2D eigenvalue weighted by Gasteiger charge is -2.03. The number of rotatable bonds is 2. The summed E-state index contributed by atoms with van der Waals surface area (Å²) in [5, 5.41) is 3.01. The Labute approximate surface area is 94.8 Å². The molecule has 0 bridgehead atoms. The molecule has 2 nitrogen and oxygen atoms in total. The van der Waals surface area contributed by atoms with Crippen LogP contribution in [0.5, 0.6) is 5.75 Å². The van der Waals surface area contributed by atoms with Gasteiger partial charge in [0.25, 0.3) is 0 Å². The first-order valence-electron chi connectivity index (χ1n) is 4.32. The van der Waals surface area contributed by atoms with Crippen LogP contribution >= 0.6 is 27.3 Å². The summed E-state index contributed by atoms with van der Waals surface area (Å²) in [7, 11) is 0. The molecule has 0 amide bonds. The lowest BCUT2D eigenvalue weighted by molar-refractivity contribution is 0.345. The number of halogens is 1. The van der Waals surface area contributed by atoms with Crippen LogP contribution in [0, 0.1) is 0 Å². The van der Waals surface area contributed by atoms with Gasteiger partial charge in [-0.25, -0.2) is 0 Å². The zero-order valence-corrected chi connectivity index (χ0v) is 10.1. The predicted molar refractivity (Wildman–Crippen MR) is 65.1 cm³/mol. The second kappa shape index (κ2) is 3.79. The summed E-state index contributed by atoms with van der Waals surface area (Å²) in [5.41, 5.74) is 6.68. The summed E-state index contributed by atoms with van der Waals surface area (Å²) in [6, 6.07) is 3.85. The first kappa shape index (κ1) is 9.80. The van der Waals surface area contributed by atoms with E-state index in [0.29, 0.717) is 6.61 Å². The van der Waals surface area contributed by atoms with E-state index in [1.54, 1.807) is 11.3 Å². The molecule has 0 saturated heterocycles. The molecule has 0 atom stereocenters. The van der Waals surface area contributed by atoms with E-state index < -0.39 is 0 Å². The number of benzene rings is 1. The van der Waals surface area contributed by atoms with Crippen LogP contribution < -0.4 is 10.5 Å². The highest BCUT2D eigenvalue weighted by Gasteiger charge is 2.10. The maximum Gasteiger partial charge on any atom is 0.139 e. The maximum absolute atomic E-state index is 5.91. The molecule has 0 aliphatic rings. The number of anilines is 1. The lowest BCUT2D eigenvalue weighted by atomic mass is 10.2. The molecular weight excluding hydrogens is 262 g/mol. The van der Waals surface area contributed by atoms with Crippen molar-refractivity contribution >= 4 is 43.0 Å². The number of ether oxygens (including phenoxy) is 1. The van der Waals surface area contributed by atoms with Crippen molar-refractivity contribution in [3.8, 4) is 5.75 Å². The SMILES string of the molecule is CCOc1csc2c(Br)ccc(N)c12. The van der Waals surface area contributed by atoms with Gasteiger partial charge in [0.1, 0.15) is 5.75 Å². The largest absolute Gasteiger partial charge is 0.492 e. The zero-order chi connectivity index (χ0) is 10.1. The van der Waals surface area contributed by atoms with Gasteiger partial charge in [-0.2, -0.15) is 0 Å². The van der Waals surface area contributed by atoms with Crippen molar-refractivity contribution in [3.05, 3.63) is 22.0 Å². The first-order valence-corrected chi connectivity index (χ1v) is 5.99. The predicted octanol–water partition coefficient (Wildman–Crippen LogP) is 3.64. The van der Waals surface area contributed by atoms with Crippen LogP contribution in [0.2, 0.25) is 0 Å². The molecule has 2 rings (SSSR count). The van der Waals surface area contributed by atoms with E-state index in [2.05, 4.69) is 15.9 Å². The number of nitrogen functional groups attached to an aromatic ring is 1. The Morgan fingerprint density at radius 2 is 2.29 bits per heavy atom. The van der Waals surface area contributed by atoms with Crippen molar-refractivity contribution in [3.63, 3.8) is 0 Å². The topological polar surface area (TPSA) is 35.2 Å². The molecule has 1 aromatic heterocycles. The van der Waals surface area contributed by atoms with Crippen LogP contribution in [0.1, 0.15) is 6.92 Å². The molecule has 0 aliphatic carbocycles. The first-order chi connectivity index (χ1) is 6.74. The van der Waals surface area contributed by atoms with Crippen LogP contribution in [0.3, 0.4) is 0 Å². The molecule has 1 aromatic carbocycles. The van der Waals surface area contributed by atoms with E-state index in [1.165, 1.54) is 0 Å². The summed E-state index contributed by atoms with van der Waals surface area (Å²) in [6.07, 6.45) is 0. The highest BCUT2D eigenvalue weighted by atomic mass is 79.9. The highest BCUT2D eigenvalue weighted by molar-refractivity contribution is 9.10. The Morgan fingerprint density at radius 1 is 1.50 bits per heavy atom. The Balaban J connectivity index is 2.70. The van der Waals surface area contributed by atoms with E-state index in [0.717, 1.165) is 26.0 Å². The maximum atomic E-state index is 5.91. The summed E-state index contributed by atoms with van der Waals surface area (Å²) in [6.45, 7) is 2.63. The summed E-state index contributed by atoms with van der Waals surface area (Å²) in [5.74, 6) is 0.881. The second-order valence-corrected chi connectivity index (χ2v) is 4.61. The fraction of sp³-hybridized carbons (Fsp3) is 0.200. The molecule has 2 aromatic rings. The van der Waals surface area contributed by atoms with Gasteiger partial charge in [-0.1, -0.05) is 0 Å². The molecule has 0 radical (unpaired) electrons. The third-order valence-corrected chi connectivity index (χ3v) is 3.89. The van der Waals surface area contributed by atoms with Gasteiger partial charge in [-0.15, -0.1) is 11.3 Å². The average molecular weight is 272 g/mol. The van der Waals surface area contributed by atoms with Crippen LogP contribution in [0.25, 0.3) is 10.1 Å². The summed E-state index contributed by atoms with van der Waals surface area (Å²) >= 11 is 5.14. The molecule has 2 N–H and O–H groups in total. The van der Waals surface area contributed by atoms with Gasteiger partial charge < -0.3 is 10.5 Å². The molecule has 4 heteroatoms. The second-order valence-electron chi connectivity index (χ2n) is 2.87. The highest BCUT2D eigenvalue weighted by Crippen LogP contribution is 2.40. The number of hydrogen-bond acceptors (Lipinski definition) is 3. The molecule has 14 heavy (non-hydrogen) atoms. The van der Waals surface area contributed by atoms with Gasteiger partial charge in [0.05, 0.1) is 16.7 Å². The summed E-state index contributed by atoms with van der Waals surface area (Å²) in [4.78, 5) is 0. The van der Waals surface area contributed by atoms with Crippen molar-refractivity contribution in [2.45, 2.75) is 6.92 Å². The van der Waals surface area contributed by atoms with E-state index in [9.17, 15) is 0 Å². The van der Waals surface area contributed by atoms with Gasteiger partial charge in [0.2, 0.25) is 0 Å². The number of hydrogen-bond donors (Lipinski definition) is 1. The standard InChI is InChI=1S/C10H10BrNOS/c1-2-13-8-5-14-10-6(11)3-4-7(12)9(8)10/h3-5H,2,12H2,1H3. The van der Waals surface area contributed by atoms with E-state index in [-0.39, 0.29) is 0 Å². The minimum atomic E-state index is 0.664. The van der Waals surface area contributed by atoms with Crippen LogP contribution in [-0.4, -0.2) is 6.61 Å². The Kier molecular flexibility index (Phi) is 2.65. The van der Waals surface area contributed by atoms with Crippen molar-refractivity contribution in [2.75, 3.05) is 12.3 Å². The molecular formula is C10H10BrNOS. The average Bonchev–Trinajstić information content (AvgIpc) is 2.58. The molecule has 0 saturated carbocycles. The van der Waals surface area contributed by atoms with Crippen LogP contribution in [-0.2, 0) is 0 Å². The normalized spacial score (nSPS) is 10.7. The van der Waals surface area contributed by atoms with Crippen molar-refractivity contribution in [1.82, 2.24) is 0 Å². The minimum Gasteiger partial charge on any atom is -0.492 e. The van der Waals surface area contributed by atoms with Crippen molar-refractivity contribution in [1.29, 1.82) is 0 Å². The van der Waals surface area contributed by atoms with Crippen molar-refractivity contribution < 1.29 is 4.74 Å².